The summed E-state index contributed by atoms with van der Waals surface area (Å²) in [5.41, 5.74) is 2.34. The molecule has 0 aromatic heterocycles. The maximum Gasteiger partial charge on any atom is 0.122 e. The van der Waals surface area contributed by atoms with Crippen LogP contribution in [-0.2, 0) is 6.42 Å². The smallest absolute Gasteiger partial charge is 0.122 e. The summed E-state index contributed by atoms with van der Waals surface area (Å²) in [5, 5.41) is 0.847. The minimum atomic E-state index is 0.841. The van der Waals surface area contributed by atoms with Crippen LogP contribution in [0.25, 0.3) is 0 Å². The molecule has 2 rings (SSSR count). The summed E-state index contributed by atoms with van der Waals surface area (Å²) in [6.07, 6.45) is 2.20. The van der Waals surface area contributed by atoms with Crippen molar-refractivity contribution in [2.75, 3.05) is 6.61 Å². The van der Waals surface area contributed by atoms with Crippen molar-refractivity contribution in [3.05, 3.63) is 28.3 Å². The van der Waals surface area contributed by atoms with Crippen LogP contribution in [-0.4, -0.2) is 6.61 Å². The van der Waals surface area contributed by atoms with E-state index < -0.39 is 0 Å². The molecular formula is C10H11ClO. The summed E-state index contributed by atoms with van der Waals surface area (Å²) in [6, 6.07) is 4.04. The molecular weight excluding hydrogens is 172 g/mol. The largest absolute Gasteiger partial charge is 0.493 e. The first-order valence-corrected chi connectivity index (χ1v) is 4.57. The molecule has 0 radical (unpaired) electrons. The van der Waals surface area contributed by atoms with Crippen molar-refractivity contribution in [1.29, 1.82) is 0 Å². The van der Waals surface area contributed by atoms with Gasteiger partial charge in [-0.05, 0) is 43.0 Å². The lowest BCUT2D eigenvalue weighted by Gasteiger charge is -2.17. The van der Waals surface area contributed by atoms with E-state index in [4.69, 9.17) is 16.3 Å². The summed E-state index contributed by atoms with van der Waals surface area (Å²) in [4.78, 5) is 0. The van der Waals surface area contributed by atoms with Crippen molar-refractivity contribution in [1.82, 2.24) is 0 Å². The molecule has 1 aliphatic heterocycles. The molecule has 0 atom stereocenters. The lowest BCUT2D eigenvalue weighted by atomic mass is 10.0. The fourth-order valence-electron chi connectivity index (χ4n) is 1.47. The third-order valence-electron chi connectivity index (χ3n) is 2.19. The van der Waals surface area contributed by atoms with Crippen molar-refractivity contribution in [3.63, 3.8) is 0 Å². The van der Waals surface area contributed by atoms with Crippen molar-refractivity contribution in [3.8, 4) is 5.75 Å². The van der Waals surface area contributed by atoms with Crippen LogP contribution in [0.1, 0.15) is 17.5 Å². The Morgan fingerprint density at radius 2 is 2.25 bits per heavy atom. The zero-order valence-electron chi connectivity index (χ0n) is 7.06. The van der Waals surface area contributed by atoms with Crippen molar-refractivity contribution >= 4 is 11.6 Å². The van der Waals surface area contributed by atoms with Crippen molar-refractivity contribution in [2.24, 2.45) is 0 Å². The minimum absolute atomic E-state index is 0.841. The highest BCUT2D eigenvalue weighted by Gasteiger charge is 2.11. The van der Waals surface area contributed by atoms with Crippen LogP contribution in [0, 0.1) is 6.92 Å². The van der Waals surface area contributed by atoms with Gasteiger partial charge in [0.2, 0.25) is 0 Å². The number of fused-ring (bicyclic) bond motifs is 1. The molecule has 2 heteroatoms. The van der Waals surface area contributed by atoms with Gasteiger partial charge in [-0.1, -0.05) is 11.6 Å². The van der Waals surface area contributed by atoms with E-state index in [-0.39, 0.29) is 0 Å². The normalized spacial score (nSPS) is 15.2. The Balaban J connectivity index is 2.49. The fraction of sp³-hybridized carbons (Fsp3) is 0.400. The molecule has 0 N–H and O–H groups in total. The minimum Gasteiger partial charge on any atom is -0.493 e. The monoisotopic (exact) mass is 182 g/mol. The van der Waals surface area contributed by atoms with Crippen LogP contribution in [0.2, 0.25) is 5.02 Å². The number of rotatable bonds is 0. The zero-order chi connectivity index (χ0) is 8.55. The highest BCUT2D eigenvalue weighted by atomic mass is 35.5. The van der Waals surface area contributed by atoms with Crippen LogP contribution in [0.4, 0.5) is 0 Å². The van der Waals surface area contributed by atoms with E-state index in [0.29, 0.717) is 0 Å². The molecule has 0 aliphatic carbocycles. The molecule has 64 valence electrons. The number of aryl methyl sites for hydroxylation is 2. The molecule has 0 unspecified atom stereocenters. The lowest BCUT2D eigenvalue weighted by Crippen LogP contribution is -2.08. The van der Waals surface area contributed by atoms with E-state index in [1.54, 1.807) is 0 Å². The average Bonchev–Trinajstić information content (AvgIpc) is 2.07. The van der Waals surface area contributed by atoms with Gasteiger partial charge in [0.1, 0.15) is 5.75 Å². The second-order valence-electron chi connectivity index (χ2n) is 3.16. The van der Waals surface area contributed by atoms with Crippen molar-refractivity contribution in [2.45, 2.75) is 19.8 Å². The summed E-state index contributed by atoms with van der Waals surface area (Å²) < 4.78 is 5.50. The average molecular weight is 183 g/mol. The predicted molar refractivity (Wildman–Crippen MR) is 50.0 cm³/mol. The number of hydrogen-bond acceptors (Lipinski definition) is 1. The predicted octanol–water partition coefficient (Wildman–Crippen LogP) is 2.97. The molecule has 1 aromatic carbocycles. The van der Waals surface area contributed by atoms with Gasteiger partial charge in [0, 0.05) is 5.02 Å². The van der Waals surface area contributed by atoms with Gasteiger partial charge in [0.25, 0.3) is 0 Å². The Hall–Kier alpha value is -0.690. The summed E-state index contributed by atoms with van der Waals surface area (Å²) in [6.45, 7) is 2.84. The van der Waals surface area contributed by atoms with Crippen LogP contribution in [0.15, 0.2) is 12.1 Å². The van der Waals surface area contributed by atoms with Gasteiger partial charge < -0.3 is 4.74 Å². The molecule has 0 amide bonds. The Labute approximate surface area is 77.3 Å². The van der Waals surface area contributed by atoms with E-state index in [1.165, 1.54) is 5.56 Å². The Kier molecular flexibility index (Phi) is 1.97. The first kappa shape index (κ1) is 7.93. The lowest BCUT2D eigenvalue weighted by molar-refractivity contribution is 0.288. The second-order valence-corrected chi connectivity index (χ2v) is 3.57. The molecule has 12 heavy (non-hydrogen) atoms. The molecule has 0 fully saturated rings. The standard InChI is InChI=1S/C10H11ClO/c1-7-5-10-8(6-9(7)11)3-2-4-12-10/h5-6H,2-4H2,1H3. The molecule has 1 aliphatic rings. The maximum absolute atomic E-state index is 5.99. The van der Waals surface area contributed by atoms with Crippen LogP contribution >= 0.6 is 11.6 Å². The number of halogens is 1. The topological polar surface area (TPSA) is 9.23 Å². The van der Waals surface area contributed by atoms with E-state index in [9.17, 15) is 0 Å². The first-order chi connectivity index (χ1) is 5.77. The molecule has 0 saturated carbocycles. The van der Waals surface area contributed by atoms with Gasteiger partial charge >= 0.3 is 0 Å². The number of ether oxygens (including phenoxy) is 1. The number of benzene rings is 1. The summed E-state index contributed by atoms with van der Waals surface area (Å²) >= 11 is 5.99. The molecule has 1 heterocycles. The second kappa shape index (κ2) is 2.98. The summed E-state index contributed by atoms with van der Waals surface area (Å²) in [7, 11) is 0. The highest BCUT2D eigenvalue weighted by molar-refractivity contribution is 6.31. The van der Waals surface area contributed by atoms with Gasteiger partial charge in [-0.25, -0.2) is 0 Å². The Morgan fingerprint density at radius 1 is 1.42 bits per heavy atom. The molecule has 0 spiro atoms. The highest BCUT2D eigenvalue weighted by Crippen LogP contribution is 2.30. The molecule has 1 nitrogen and oxygen atoms in total. The molecule has 0 bridgehead atoms. The SMILES string of the molecule is Cc1cc2c(cc1Cl)CCCO2. The van der Waals surface area contributed by atoms with Crippen LogP contribution in [0.5, 0.6) is 5.75 Å². The maximum atomic E-state index is 5.99. The van der Waals surface area contributed by atoms with E-state index in [2.05, 4.69) is 0 Å². The van der Waals surface area contributed by atoms with Gasteiger partial charge in [-0.2, -0.15) is 0 Å². The Bertz CT molecular complexity index is 276. The quantitative estimate of drug-likeness (QED) is 0.600. The van der Waals surface area contributed by atoms with Crippen LogP contribution in [0.3, 0.4) is 0 Å². The van der Waals surface area contributed by atoms with E-state index >= 15 is 0 Å². The van der Waals surface area contributed by atoms with Crippen molar-refractivity contribution < 1.29 is 4.74 Å². The number of hydrogen-bond donors (Lipinski definition) is 0. The van der Waals surface area contributed by atoms with E-state index in [1.807, 2.05) is 19.1 Å². The van der Waals surface area contributed by atoms with Crippen LogP contribution < -0.4 is 4.74 Å². The molecule has 1 aromatic rings. The fourth-order valence-corrected chi connectivity index (χ4v) is 1.66. The van der Waals surface area contributed by atoms with Gasteiger partial charge in [0.15, 0.2) is 0 Å². The van der Waals surface area contributed by atoms with Gasteiger partial charge in [-0.3, -0.25) is 0 Å². The Morgan fingerprint density at radius 3 is 3.08 bits per heavy atom. The zero-order valence-corrected chi connectivity index (χ0v) is 7.82. The van der Waals surface area contributed by atoms with E-state index in [0.717, 1.165) is 35.8 Å². The third-order valence-corrected chi connectivity index (χ3v) is 2.60. The van der Waals surface area contributed by atoms with Gasteiger partial charge in [0.05, 0.1) is 6.61 Å². The summed E-state index contributed by atoms with van der Waals surface area (Å²) in [5.74, 6) is 1.02. The van der Waals surface area contributed by atoms with Gasteiger partial charge in [-0.15, -0.1) is 0 Å². The molecule has 0 saturated heterocycles. The first-order valence-electron chi connectivity index (χ1n) is 4.19. The third kappa shape index (κ3) is 1.29.